The van der Waals surface area contributed by atoms with Gasteiger partial charge in [0, 0.05) is 32.4 Å². The van der Waals surface area contributed by atoms with Crippen molar-refractivity contribution in [3.05, 3.63) is 23.8 Å². The summed E-state index contributed by atoms with van der Waals surface area (Å²) in [6, 6.07) is 4.66. The Morgan fingerprint density at radius 1 is 1.25 bits per heavy atom. The van der Waals surface area contributed by atoms with Gasteiger partial charge < -0.3 is 15.2 Å². The van der Waals surface area contributed by atoms with Crippen molar-refractivity contribution in [2.45, 2.75) is 24.3 Å². The number of ether oxygens (including phenoxy) is 2. The number of methoxy groups -OCH3 is 2. The van der Waals surface area contributed by atoms with Gasteiger partial charge in [0.15, 0.2) is 0 Å². The summed E-state index contributed by atoms with van der Waals surface area (Å²) in [6.45, 7) is 1.23. The molecule has 0 aliphatic carbocycles. The SMILES string of the molecule is COCCCCNS(=O)(=O)c1ccc(OC)c(CN)c1. The summed E-state index contributed by atoms with van der Waals surface area (Å²) in [5.74, 6) is 0.589. The second-order valence-electron chi connectivity index (χ2n) is 4.28. The molecule has 1 aromatic carbocycles. The molecule has 0 saturated carbocycles. The number of nitrogens with two attached hydrogens (primary N) is 1. The van der Waals surface area contributed by atoms with Crippen molar-refractivity contribution in [3.8, 4) is 5.75 Å². The zero-order valence-corrected chi connectivity index (χ0v) is 12.7. The van der Waals surface area contributed by atoms with Crippen LogP contribution in [-0.4, -0.2) is 35.8 Å². The van der Waals surface area contributed by atoms with Gasteiger partial charge in [-0.05, 0) is 31.0 Å². The van der Waals surface area contributed by atoms with Gasteiger partial charge in [-0.1, -0.05) is 0 Å². The second-order valence-corrected chi connectivity index (χ2v) is 6.04. The van der Waals surface area contributed by atoms with Gasteiger partial charge in [-0.2, -0.15) is 0 Å². The van der Waals surface area contributed by atoms with Gasteiger partial charge in [0.25, 0.3) is 0 Å². The quantitative estimate of drug-likeness (QED) is 0.660. The van der Waals surface area contributed by atoms with E-state index in [1.807, 2.05) is 0 Å². The molecule has 0 bridgehead atoms. The molecule has 1 rings (SSSR count). The first kappa shape index (κ1) is 16.9. The van der Waals surface area contributed by atoms with Gasteiger partial charge in [0.1, 0.15) is 5.75 Å². The normalized spacial score (nSPS) is 11.6. The topological polar surface area (TPSA) is 90.6 Å². The smallest absolute Gasteiger partial charge is 0.240 e. The first-order valence-electron chi connectivity index (χ1n) is 6.40. The first-order chi connectivity index (χ1) is 9.55. The van der Waals surface area contributed by atoms with Crippen LogP contribution in [0.25, 0.3) is 0 Å². The fraction of sp³-hybridized carbons (Fsp3) is 0.538. The predicted octanol–water partition coefficient (Wildman–Crippen LogP) is 0.859. The molecule has 3 N–H and O–H groups in total. The van der Waals surface area contributed by atoms with Crippen molar-refractivity contribution in [2.24, 2.45) is 5.73 Å². The van der Waals surface area contributed by atoms with Crippen LogP contribution in [0, 0.1) is 0 Å². The Bertz CT molecular complexity index is 517. The van der Waals surface area contributed by atoms with Gasteiger partial charge in [-0.25, -0.2) is 13.1 Å². The molecule has 0 unspecified atom stereocenters. The standard InChI is InChI=1S/C13H22N2O4S/c1-18-8-4-3-7-15-20(16,17)12-5-6-13(19-2)11(9-12)10-14/h5-6,9,15H,3-4,7-8,10,14H2,1-2H3. The van der Waals surface area contributed by atoms with Crippen LogP contribution in [0.3, 0.4) is 0 Å². The average Bonchev–Trinajstić information content (AvgIpc) is 2.46. The van der Waals surface area contributed by atoms with Crippen LogP contribution >= 0.6 is 0 Å². The molecule has 0 aliphatic heterocycles. The molecule has 0 spiro atoms. The van der Waals surface area contributed by atoms with E-state index in [0.29, 0.717) is 24.5 Å². The predicted molar refractivity (Wildman–Crippen MR) is 77.2 cm³/mol. The molecular formula is C13H22N2O4S. The number of rotatable bonds is 9. The Labute approximate surface area is 120 Å². The maximum absolute atomic E-state index is 12.1. The van der Waals surface area contributed by atoms with Gasteiger partial charge in [0.2, 0.25) is 10.0 Å². The molecule has 0 saturated heterocycles. The number of hydrogen-bond donors (Lipinski definition) is 2. The summed E-state index contributed by atoms with van der Waals surface area (Å²) in [4.78, 5) is 0.200. The van der Waals surface area contributed by atoms with E-state index in [1.165, 1.54) is 19.2 Å². The highest BCUT2D eigenvalue weighted by Gasteiger charge is 2.15. The molecule has 1 aromatic rings. The highest BCUT2D eigenvalue weighted by atomic mass is 32.2. The van der Waals surface area contributed by atoms with Crippen LogP contribution < -0.4 is 15.2 Å². The molecule has 7 heteroatoms. The van der Waals surface area contributed by atoms with Crippen LogP contribution in [0.1, 0.15) is 18.4 Å². The number of benzene rings is 1. The summed E-state index contributed by atoms with van der Waals surface area (Å²) in [5.41, 5.74) is 6.25. The van der Waals surface area contributed by atoms with E-state index in [2.05, 4.69) is 4.72 Å². The Morgan fingerprint density at radius 2 is 2.00 bits per heavy atom. The van der Waals surface area contributed by atoms with Gasteiger partial charge >= 0.3 is 0 Å². The molecule has 0 aliphatic rings. The third kappa shape index (κ3) is 4.75. The highest BCUT2D eigenvalue weighted by Crippen LogP contribution is 2.21. The van der Waals surface area contributed by atoms with E-state index in [9.17, 15) is 8.42 Å². The summed E-state index contributed by atoms with van der Waals surface area (Å²) in [6.07, 6.45) is 1.54. The van der Waals surface area contributed by atoms with Gasteiger partial charge in [-0.3, -0.25) is 0 Å². The van der Waals surface area contributed by atoms with E-state index in [0.717, 1.165) is 12.8 Å². The van der Waals surface area contributed by atoms with Crippen molar-refractivity contribution in [1.29, 1.82) is 0 Å². The second kappa shape index (κ2) is 8.21. The van der Waals surface area contributed by atoms with Gasteiger partial charge in [-0.15, -0.1) is 0 Å². The maximum atomic E-state index is 12.1. The zero-order chi connectivity index (χ0) is 15.0. The van der Waals surface area contributed by atoms with Crippen molar-refractivity contribution in [1.82, 2.24) is 4.72 Å². The Morgan fingerprint density at radius 3 is 2.60 bits per heavy atom. The number of sulfonamides is 1. The lowest BCUT2D eigenvalue weighted by atomic mass is 10.2. The average molecular weight is 302 g/mol. The van der Waals surface area contributed by atoms with E-state index in [4.69, 9.17) is 15.2 Å². The van der Waals surface area contributed by atoms with Crippen molar-refractivity contribution >= 4 is 10.0 Å². The monoisotopic (exact) mass is 302 g/mol. The molecular weight excluding hydrogens is 280 g/mol. The lowest BCUT2D eigenvalue weighted by Crippen LogP contribution is -2.25. The third-order valence-corrected chi connectivity index (χ3v) is 4.31. The van der Waals surface area contributed by atoms with Crippen molar-refractivity contribution in [2.75, 3.05) is 27.4 Å². The van der Waals surface area contributed by atoms with Crippen LogP contribution in [0.4, 0.5) is 0 Å². The highest BCUT2D eigenvalue weighted by molar-refractivity contribution is 7.89. The van der Waals surface area contributed by atoms with Crippen molar-refractivity contribution < 1.29 is 17.9 Å². The molecule has 0 heterocycles. The lowest BCUT2D eigenvalue weighted by Gasteiger charge is -2.10. The van der Waals surface area contributed by atoms with Gasteiger partial charge in [0.05, 0.1) is 12.0 Å². The maximum Gasteiger partial charge on any atom is 0.240 e. The largest absolute Gasteiger partial charge is 0.496 e. The van der Waals surface area contributed by atoms with E-state index < -0.39 is 10.0 Å². The van der Waals surface area contributed by atoms with Crippen LogP contribution in [-0.2, 0) is 21.3 Å². The fourth-order valence-electron chi connectivity index (χ4n) is 1.74. The van der Waals surface area contributed by atoms with Crippen LogP contribution in [0.5, 0.6) is 5.75 Å². The molecule has 0 radical (unpaired) electrons. The molecule has 0 aromatic heterocycles. The van der Waals surface area contributed by atoms with E-state index >= 15 is 0 Å². The molecule has 0 fully saturated rings. The van der Waals surface area contributed by atoms with E-state index in [-0.39, 0.29) is 11.4 Å². The molecule has 20 heavy (non-hydrogen) atoms. The Kier molecular flexibility index (Phi) is 6.94. The number of nitrogens with one attached hydrogen (secondary N) is 1. The van der Waals surface area contributed by atoms with Crippen molar-refractivity contribution in [3.63, 3.8) is 0 Å². The molecule has 114 valence electrons. The summed E-state index contributed by atoms with van der Waals surface area (Å²) in [5, 5.41) is 0. The lowest BCUT2D eigenvalue weighted by molar-refractivity contribution is 0.193. The fourth-order valence-corrected chi connectivity index (χ4v) is 2.87. The Hall–Kier alpha value is -1.15. The molecule has 0 amide bonds. The molecule has 0 atom stereocenters. The van der Waals surface area contributed by atoms with Crippen LogP contribution in [0.2, 0.25) is 0 Å². The van der Waals surface area contributed by atoms with Crippen LogP contribution in [0.15, 0.2) is 23.1 Å². The minimum Gasteiger partial charge on any atom is -0.496 e. The molecule has 6 nitrogen and oxygen atoms in total. The number of hydrogen-bond acceptors (Lipinski definition) is 5. The third-order valence-electron chi connectivity index (χ3n) is 2.85. The number of unbranched alkanes of at least 4 members (excludes halogenated alkanes) is 1. The summed E-state index contributed by atoms with van der Waals surface area (Å²) < 4.78 is 36.8. The van der Waals surface area contributed by atoms with E-state index in [1.54, 1.807) is 13.2 Å². The first-order valence-corrected chi connectivity index (χ1v) is 7.89. The minimum absolute atomic E-state index is 0.200. The summed E-state index contributed by atoms with van der Waals surface area (Å²) >= 11 is 0. The minimum atomic E-state index is -3.51. The Balaban J connectivity index is 2.72. The zero-order valence-electron chi connectivity index (χ0n) is 11.9. The summed E-state index contributed by atoms with van der Waals surface area (Å²) in [7, 11) is -0.362.